The van der Waals surface area contributed by atoms with Gasteiger partial charge in [-0.05, 0) is 56.2 Å². The summed E-state index contributed by atoms with van der Waals surface area (Å²) in [5.74, 6) is 1.75. The van der Waals surface area contributed by atoms with Crippen molar-refractivity contribution in [2.75, 3.05) is 31.6 Å². The Morgan fingerprint density at radius 2 is 2.03 bits per heavy atom. The van der Waals surface area contributed by atoms with Gasteiger partial charge in [-0.3, -0.25) is 0 Å². The van der Waals surface area contributed by atoms with Crippen LogP contribution in [0.5, 0.6) is 5.88 Å². The van der Waals surface area contributed by atoms with Gasteiger partial charge in [0.1, 0.15) is 23.9 Å². The molecule has 1 amide bonds. The number of amides is 1. The molecule has 4 fully saturated rings. The summed E-state index contributed by atoms with van der Waals surface area (Å²) in [6, 6.07) is 7.16. The summed E-state index contributed by atoms with van der Waals surface area (Å²) in [6.07, 6.45) is 6.15. The Labute approximate surface area is 221 Å². The number of hydrogen-bond acceptors (Lipinski definition) is 8. The number of fused-ring (bicyclic) bond motifs is 2. The third-order valence-electron chi connectivity index (χ3n) is 7.97. The van der Waals surface area contributed by atoms with E-state index < -0.39 is 0 Å². The van der Waals surface area contributed by atoms with E-state index >= 15 is 0 Å². The fourth-order valence-electron chi connectivity index (χ4n) is 5.67. The first-order chi connectivity index (χ1) is 18.0. The van der Waals surface area contributed by atoms with Gasteiger partial charge in [0.15, 0.2) is 0 Å². The van der Waals surface area contributed by atoms with Crippen molar-refractivity contribution < 1.29 is 19.0 Å². The molecule has 2 unspecified atom stereocenters. The lowest BCUT2D eigenvalue weighted by Gasteiger charge is -2.46. The smallest absolute Gasteiger partial charge is 0.410 e. The van der Waals surface area contributed by atoms with E-state index in [0.717, 1.165) is 18.4 Å². The van der Waals surface area contributed by atoms with Crippen molar-refractivity contribution in [1.29, 1.82) is 5.26 Å². The maximum Gasteiger partial charge on any atom is 0.410 e. The van der Waals surface area contributed by atoms with Gasteiger partial charge in [-0.1, -0.05) is 18.5 Å². The van der Waals surface area contributed by atoms with Crippen molar-refractivity contribution in [2.24, 2.45) is 17.8 Å². The van der Waals surface area contributed by atoms with Crippen LogP contribution in [0.4, 0.5) is 16.3 Å². The molecule has 194 valence electrons. The number of nitriles is 1. The lowest BCUT2D eigenvalue weighted by atomic mass is 9.84. The lowest BCUT2D eigenvalue weighted by molar-refractivity contribution is -0.112. The molecule has 3 heterocycles. The lowest BCUT2D eigenvalue weighted by Crippen LogP contribution is -2.59. The Kier molecular flexibility index (Phi) is 6.33. The number of aromatic nitrogens is 2. The van der Waals surface area contributed by atoms with Crippen LogP contribution < -0.4 is 10.1 Å². The first-order valence-electron chi connectivity index (χ1n) is 13.0. The van der Waals surface area contributed by atoms with Gasteiger partial charge >= 0.3 is 6.09 Å². The molecule has 0 spiro atoms. The molecule has 1 aromatic heterocycles. The van der Waals surface area contributed by atoms with E-state index in [9.17, 15) is 4.79 Å². The van der Waals surface area contributed by atoms with Gasteiger partial charge in [-0.2, -0.15) is 5.26 Å². The van der Waals surface area contributed by atoms with E-state index in [1.807, 2.05) is 11.8 Å². The normalized spacial score (nSPS) is 25.6. The van der Waals surface area contributed by atoms with Gasteiger partial charge < -0.3 is 24.4 Å². The molecule has 2 atom stereocenters. The summed E-state index contributed by atoms with van der Waals surface area (Å²) >= 11 is 6.37. The summed E-state index contributed by atoms with van der Waals surface area (Å²) in [4.78, 5) is 23.8. The fraction of sp³-hybridized carbons (Fsp3) is 0.556. The van der Waals surface area contributed by atoms with E-state index in [0.29, 0.717) is 66.6 Å². The SMILES string of the molecule is CCc1c(Nc2ccc(C#N)cc2Cl)ncnc1OC1C2COCC1CN(C(=O)OC1(C3CC3)CC1)C2. The topological polar surface area (TPSA) is 110 Å². The van der Waals surface area contributed by atoms with Crippen molar-refractivity contribution in [3.63, 3.8) is 0 Å². The molecule has 2 aromatic rings. The Balaban J connectivity index is 1.17. The van der Waals surface area contributed by atoms with Gasteiger partial charge in [0.05, 0.1) is 41.1 Å². The van der Waals surface area contributed by atoms with E-state index in [1.54, 1.807) is 18.2 Å². The highest BCUT2D eigenvalue weighted by Crippen LogP contribution is 2.56. The Morgan fingerprint density at radius 3 is 2.65 bits per heavy atom. The molecular formula is C27H30ClN5O4. The molecule has 2 bridgehead atoms. The predicted octanol–water partition coefficient (Wildman–Crippen LogP) is 4.71. The number of rotatable bonds is 7. The molecule has 0 radical (unpaired) electrons. The second-order valence-electron chi connectivity index (χ2n) is 10.5. The molecular weight excluding hydrogens is 494 g/mol. The predicted molar refractivity (Wildman–Crippen MR) is 136 cm³/mol. The largest absolute Gasteiger partial charge is 0.473 e. The molecule has 4 aliphatic rings. The molecule has 37 heavy (non-hydrogen) atoms. The first-order valence-corrected chi connectivity index (χ1v) is 13.4. The summed E-state index contributed by atoms with van der Waals surface area (Å²) in [5, 5.41) is 12.8. The number of carbonyl (C=O) groups is 1. The van der Waals surface area contributed by atoms with Crippen LogP contribution in [0.2, 0.25) is 5.02 Å². The van der Waals surface area contributed by atoms with Crippen LogP contribution >= 0.6 is 11.6 Å². The van der Waals surface area contributed by atoms with Gasteiger partial charge in [-0.25, -0.2) is 14.8 Å². The molecule has 1 N–H and O–H groups in total. The van der Waals surface area contributed by atoms with E-state index in [-0.39, 0.29) is 29.6 Å². The zero-order valence-corrected chi connectivity index (χ0v) is 21.5. The summed E-state index contributed by atoms with van der Waals surface area (Å²) in [6.45, 7) is 4.15. The summed E-state index contributed by atoms with van der Waals surface area (Å²) < 4.78 is 18.4. The minimum absolute atomic E-state index is 0.0279. The van der Waals surface area contributed by atoms with Gasteiger partial charge in [0, 0.05) is 24.9 Å². The zero-order chi connectivity index (χ0) is 25.6. The van der Waals surface area contributed by atoms with Crippen LogP contribution in [0.15, 0.2) is 24.5 Å². The standard InChI is InChI=1S/C27H30ClN5O4/c1-2-20-24(32-22-6-3-16(10-29)9-21(22)28)30-15-31-25(20)36-23-17-11-33(12-18(23)14-35-13-17)26(34)37-27(7-8-27)19-4-5-19/h3,6,9,15,17-19,23H,2,4-5,7-8,11-14H2,1H3,(H,30,31,32). The maximum absolute atomic E-state index is 13.0. The average Bonchev–Trinajstić information content (AvgIpc) is 3.80. The maximum atomic E-state index is 13.0. The second-order valence-corrected chi connectivity index (χ2v) is 11.0. The average molecular weight is 524 g/mol. The monoisotopic (exact) mass is 523 g/mol. The van der Waals surface area contributed by atoms with Crippen LogP contribution in [0.25, 0.3) is 0 Å². The number of piperidine rings is 1. The fourth-order valence-corrected chi connectivity index (χ4v) is 5.90. The van der Waals surface area contributed by atoms with Crippen molar-refractivity contribution in [3.8, 4) is 11.9 Å². The molecule has 2 saturated heterocycles. The van der Waals surface area contributed by atoms with Crippen LogP contribution in [-0.4, -0.2) is 59.0 Å². The molecule has 2 aliphatic heterocycles. The van der Waals surface area contributed by atoms with Gasteiger partial charge in [0.25, 0.3) is 0 Å². The minimum atomic E-state index is -0.193. The van der Waals surface area contributed by atoms with Crippen LogP contribution in [0.1, 0.15) is 43.7 Å². The zero-order valence-electron chi connectivity index (χ0n) is 20.8. The van der Waals surface area contributed by atoms with E-state index in [1.165, 1.54) is 19.2 Å². The van der Waals surface area contributed by atoms with Crippen LogP contribution in [-0.2, 0) is 15.9 Å². The van der Waals surface area contributed by atoms with Crippen molar-refractivity contribution in [1.82, 2.24) is 14.9 Å². The second kappa shape index (κ2) is 9.66. The Hall–Kier alpha value is -3.09. The van der Waals surface area contributed by atoms with Crippen LogP contribution in [0, 0.1) is 29.1 Å². The highest BCUT2D eigenvalue weighted by atomic mass is 35.5. The number of ether oxygens (including phenoxy) is 3. The number of halogens is 1. The van der Waals surface area contributed by atoms with E-state index in [2.05, 4.69) is 21.4 Å². The summed E-state index contributed by atoms with van der Waals surface area (Å²) in [5.41, 5.74) is 1.79. The number of nitrogens with one attached hydrogen (secondary N) is 1. The number of nitrogens with zero attached hydrogens (tertiary/aromatic N) is 4. The quantitative estimate of drug-likeness (QED) is 0.555. The highest BCUT2D eigenvalue weighted by molar-refractivity contribution is 6.33. The third kappa shape index (κ3) is 4.80. The highest BCUT2D eigenvalue weighted by Gasteiger charge is 2.58. The van der Waals surface area contributed by atoms with Crippen LogP contribution in [0.3, 0.4) is 0 Å². The van der Waals surface area contributed by atoms with Crippen molar-refractivity contribution in [2.45, 2.75) is 50.7 Å². The molecule has 6 rings (SSSR count). The van der Waals surface area contributed by atoms with Gasteiger partial charge in [-0.15, -0.1) is 0 Å². The number of likely N-dealkylation sites (tertiary alicyclic amines) is 1. The molecule has 9 nitrogen and oxygen atoms in total. The number of anilines is 2. The van der Waals surface area contributed by atoms with Gasteiger partial charge in [0.2, 0.25) is 5.88 Å². The molecule has 1 aromatic carbocycles. The third-order valence-corrected chi connectivity index (χ3v) is 8.29. The molecule has 2 aliphatic carbocycles. The number of hydrogen-bond donors (Lipinski definition) is 1. The molecule has 10 heteroatoms. The Bertz CT molecular complexity index is 1230. The van der Waals surface area contributed by atoms with Crippen molar-refractivity contribution >= 4 is 29.2 Å². The van der Waals surface area contributed by atoms with E-state index in [4.69, 9.17) is 31.1 Å². The first kappa shape index (κ1) is 24.3. The minimum Gasteiger partial charge on any atom is -0.473 e. The Morgan fingerprint density at radius 1 is 1.27 bits per heavy atom. The van der Waals surface area contributed by atoms with Crippen molar-refractivity contribution in [3.05, 3.63) is 40.7 Å². The molecule has 2 saturated carbocycles. The number of benzene rings is 1. The number of carbonyl (C=O) groups excluding carboxylic acids is 1. The summed E-state index contributed by atoms with van der Waals surface area (Å²) in [7, 11) is 0.